The summed E-state index contributed by atoms with van der Waals surface area (Å²) < 4.78 is 64.6. The van der Waals surface area contributed by atoms with Gasteiger partial charge in [-0.05, 0) is 12.1 Å². The Kier molecular flexibility index (Phi) is 3.67. The van der Waals surface area contributed by atoms with Crippen LogP contribution in [0.2, 0.25) is 0 Å². The molecule has 21 heavy (non-hydrogen) atoms. The summed E-state index contributed by atoms with van der Waals surface area (Å²) in [6, 6.07) is 3.51. The first-order valence-corrected chi connectivity index (χ1v) is 5.56. The number of carbonyl (C=O) groups excluding carboxylic acids is 1. The number of aromatic nitrogens is 2. The predicted molar refractivity (Wildman–Crippen MR) is 62.5 cm³/mol. The summed E-state index contributed by atoms with van der Waals surface area (Å²) in [5, 5.41) is 5.43. The van der Waals surface area contributed by atoms with E-state index >= 15 is 0 Å². The lowest BCUT2D eigenvalue weighted by atomic mass is 10.2. The standard InChI is InChI=1S/C12H8F5N3O/c1-20-8(12(15,16)17)5-9(19-20)18-11(21)6-3-2-4-7(13)10(6)14/h2-5H,1H3,(H,18,19,21). The van der Waals surface area contributed by atoms with Crippen LogP contribution >= 0.6 is 0 Å². The molecule has 9 heteroatoms. The Labute approximate surface area is 115 Å². The molecule has 0 fully saturated rings. The molecule has 0 saturated heterocycles. The highest BCUT2D eigenvalue weighted by atomic mass is 19.4. The van der Waals surface area contributed by atoms with Crippen LogP contribution in [0.4, 0.5) is 27.8 Å². The molecule has 2 rings (SSSR count). The zero-order valence-electron chi connectivity index (χ0n) is 10.5. The van der Waals surface area contributed by atoms with Crippen molar-refractivity contribution in [3.05, 3.63) is 47.2 Å². The minimum atomic E-state index is -4.64. The van der Waals surface area contributed by atoms with Crippen molar-refractivity contribution in [2.45, 2.75) is 6.18 Å². The second-order valence-corrected chi connectivity index (χ2v) is 4.09. The van der Waals surface area contributed by atoms with E-state index in [4.69, 9.17) is 0 Å². The zero-order chi connectivity index (χ0) is 15.8. The van der Waals surface area contributed by atoms with Crippen molar-refractivity contribution in [1.29, 1.82) is 0 Å². The minimum absolute atomic E-state index is 0.418. The smallest absolute Gasteiger partial charge is 0.305 e. The topological polar surface area (TPSA) is 46.9 Å². The molecule has 0 radical (unpaired) electrons. The molecule has 0 aliphatic heterocycles. The van der Waals surface area contributed by atoms with Crippen LogP contribution in [0.1, 0.15) is 16.1 Å². The normalized spacial score (nSPS) is 11.5. The molecule has 0 saturated carbocycles. The number of hydrogen-bond donors (Lipinski definition) is 1. The van der Waals surface area contributed by atoms with Gasteiger partial charge in [-0.25, -0.2) is 8.78 Å². The number of nitrogens with one attached hydrogen (secondary N) is 1. The maximum absolute atomic E-state index is 13.4. The lowest BCUT2D eigenvalue weighted by Gasteiger charge is -2.04. The Balaban J connectivity index is 2.27. The van der Waals surface area contributed by atoms with Crippen LogP contribution in [0.25, 0.3) is 0 Å². The maximum atomic E-state index is 13.4. The summed E-state index contributed by atoms with van der Waals surface area (Å²) in [7, 11) is 1.04. The average molecular weight is 305 g/mol. The van der Waals surface area contributed by atoms with Crippen LogP contribution < -0.4 is 5.32 Å². The average Bonchev–Trinajstić information content (AvgIpc) is 2.73. The van der Waals surface area contributed by atoms with Crippen molar-refractivity contribution in [3.8, 4) is 0 Å². The molecule has 1 aromatic heterocycles. The lowest BCUT2D eigenvalue weighted by Crippen LogP contribution is -2.15. The maximum Gasteiger partial charge on any atom is 0.433 e. The predicted octanol–water partition coefficient (Wildman–Crippen LogP) is 2.97. The number of nitrogens with zero attached hydrogens (tertiary/aromatic N) is 2. The molecule has 0 aliphatic carbocycles. The summed E-state index contributed by atoms with van der Waals surface area (Å²) in [6.45, 7) is 0. The second kappa shape index (κ2) is 5.15. The SMILES string of the molecule is Cn1nc(NC(=O)c2cccc(F)c2F)cc1C(F)(F)F. The number of hydrogen-bond acceptors (Lipinski definition) is 2. The minimum Gasteiger partial charge on any atom is -0.305 e. The van der Waals surface area contributed by atoms with E-state index in [2.05, 4.69) is 5.10 Å². The first kappa shape index (κ1) is 14.9. The lowest BCUT2D eigenvalue weighted by molar-refractivity contribution is -0.143. The molecule has 1 amide bonds. The van der Waals surface area contributed by atoms with E-state index in [1.807, 2.05) is 5.32 Å². The number of aryl methyl sites for hydroxylation is 1. The van der Waals surface area contributed by atoms with Crippen LogP contribution in [0.15, 0.2) is 24.3 Å². The van der Waals surface area contributed by atoms with Gasteiger partial charge in [0.25, 0.3) is 5.91 Å². The number of carbonyl (C=O) groups is 1. The summed E-state index contributed by atoms with van der Waals surface area (Å²) in [4.78, 5) is 11.7. The van der Waals surface area contributed by atoms with Crippen molar-refractivity contribution in [1.82, 2.24) is 9.78 Å². The Morgan fingerprint density at radius 2 is 1.95 bits per heavy atom. The molecule has 0 atom stereocenters. The van der Waals surface area contributed by atoms with Gasteiger partial charge >= 0.3 is 6.18 Å². The monoisotopic (exact) mass is 305 g/mol. The number of anilines is 1. The molecule has 2 aromatic rings. The molecule has 0 unspecified atom stereocenters. The van der Waals surface area contributed by atoms with Gasteiger partial charge in [0, 0.05) is 13.1 Å². The molecular weight excluding hydrogens is 297 g/mol. The van der Waals surface area contributed by atoms with E-state index in [-0.39, 0.29) is 0 Å². The first-order valence-electron chi connectivity index (χ1n) is 5.56. The summed E-state index contributed by atoms with van der Waals surface area (Å²) in [6.07, 6.45) is -4.64. The molecular formula is C12H8F5N3O. The molecule has 0 bridgehead atoms. The fourth-order valence-corrected chi connectivity index (χ4v) is 1.66. The Morgan fingerprint density at radius 3 is 2.52 bits per heavy atom. The largest absolute Gasteiger partial charge is 0.433 e. The Morgan fingerprint density at radius 1 is 1.29 bits per heavy atom. The third-order valence-electron chi connectivity index (χ3n) is 2.61. The van der Waals surface area contributed by atoms with Crippen molar-refractivity contribution in [2.24, 2.45) is 7.05 Å². The molecule has 1 aromatic carbocycles. The van der Waals surface area contributed by atoms with Gasteiger partial charge in [0.1, 0.15) is 5.69 Å². The van der Waals surface area contributed by atoms with E-state index in [0.717, 1.165) is 25.2 Å². The van der Waals surface area contributed by atoms with Crippen molar-refractivity contribution < 1.29 is 26.7 Å². The number of benzene rings is 1. The van der Waals surface area contributed by atoms with Crippen molar-refractivity contribution in [2.75, 3.05) is 5.32 Å². The van der Waals surface area contributed by atoms with Crippen LogP contribution in [0.5, 0.6) is 0 Å². The van der Waals surface area contributed by atoms with Gasteiger partial charge < -0.3 is 5.32 Å². The number of rotatable bonds is 2. The van der Waals surface area contributed by atoms with Gasteiger partial charge in [-0.3, -0.25) is 9.48 Å². The third kappa shape index (κ3) is 3.01. The van der Waals surface area contributed by atoms with Gasteiger partial charge in [0.05, 0.1) is 5.56 Å². The molecule has 112 valence electrons. The zero-order valence-corrected chi connectivity index (χ0v) is 10.5. The number of halogens is 5. The molecule has 0 spiro atoms. The van der Waals surface area contributed by atoms with E-state index in [1.54, 1.807) is 0 Å². The highest BCUT2D eigenvalue weighted by Gasteiger charge is 2.35. The summed E-state index contributed by atoms with van der Waals surface area (Å²) in [5.41, 5.74) is -1.72. The fraction of sp³-hybridized carbons (Fsp3) is 0.167. The van der Waals surface area contributed by atoms with Gasteiger partial charge in [0.2, 0.25) is 0 Å². The number of amides is 1. The van der Waals surface area contributed by atoms with E-state index in [0.29, 0.717) is 10.7 Å². The highest BCUT2D eigenvalue weighted by molar-refractivity contribution is 6.03. The molecule has 1 heterocycles. The van der Waals surface area contributed by atoms with Crippen LogP contribution in [-0.4, -0.2) is 15.7 Å². The third-order valence-corrected chi connectivity index (χ3v) is 2.61. The number of alkyl halides is 3. The van der Waals surface area contributed by atoms with E-state index in [1.165, 1.54) is 0 Å². The highest BCUT2D eigenvalue weighted by Crippen LogP contribution is 2.30. The second-order valence-electron chi connectivity index (χ2n) is 4.09. The van der Waals surface area contributed by atoms with Crippen molar-refractivity contribution in [3.63, 3.8) is 0 Å². The van der Waals surface area contributed by atoms with Crippen LogP contribution in [0, 0.1) is 11.6 Å². The van der Waals surface area contributed by atoms with Crippen molar-refractivity contribution >= 4 is 11.7 Å². The van der Waals surface area contributed by atoms with Gasteiger partial charge in [0.15, 0.2) is 17.5 Å². The van der Waals surface area contributed by atoms with Gasteiger partial charge in [-0.15, -0.1) is 0 Å². The quantitative estimate of drug-likeness (QED) is 0.867. The van der Waals surface area contributed by atoms with Crippen LogP contribution in [0.3, 0.4) is 0 Å². The summed E-state index contributed by atoms with van der Waals surface area (Å²) in [5.74, 6) is -4.14. The fourth-order valence-electron chi connectivity index (χ4n) is 1.66. The molecule has 0 aliphatic rings. The Bertz CT molecular complexity index is 693. The summed E-state index contributed by atoms with van der Waals surface area (Å²) >= 11 is 0. The Hall–Kier alpha value is -2.45. The first-order chi connectivity index (χ1) is 9.70. The van der Waals surface area contributed by atoms with E-state index in [9.17, 15) is 26.7 Å². The van der Waals surface area contributed by atoms with Gasteiger partial charge in [-0.2, -0.15) is 18.3 Å². The molecule has 1 N–H and O–H groups in total. The van der Waals surface area contributed by atoms with Gasteiger partial charge in [-0.1, -0.05) is 6.07 Å². The van der Waals surface area contributed by atoms with E-state index < -0.39 is 40.8 Å². The van der Waals surface area contributed by atoms with Crippen LogP contribution in [-0.2, 0) is 13.2 Å². The molecule has 4 nitrogen and oxygen atoms in total.